The first kappa shape index (κ1) is 58.6. The van der Waals surface area contributed by atoms with Gasteiger partial charge < -0.3 is 94.3 Å². The quantitative estimate of drug-likeness (QED) is 0.0819. The molecule has 11 N–H and O–H groups in total. The summed E-state index contributed by atoms with van der Waals surface area (Å²) < 4.78 is 48.2. The molecule has 0 aromatic carbocycles. The summed E-state index contributed by atoms with van der Waals surface area (Å²) in [6, 6.07) is -1.17. The molecular formula is C55H89NO20. The molecule has 27 atom stereocenters. The van der Waals surface area contributed by atoms with Crippen LogP contribution >= 0.6 is 0 Å². The van der Waals surface area contributed by atoms with Gasteiger partial charge in [0.15, 0.2) is 18.9 Å². The number of hydrogen-bond acceptors (Lipinski definition) is 20. The van der Waals surface area contributed by atoms with Crippen molar-refractivity contribution in [3.05, 3.63) is 11.6 Å². The number of hydrogen-bond donors (Lipinski definition) is 11. The van der Waals surface area contributed by atoms with Crippen LogP contribution in [0.2, 0.25) is 0 Å². The van der Waals surface area contributed by atoms with Crippen molar-refractivity contribution in [2.24, 2.45) is 50.2 Å². The zero-order valence-corrected chi connectivity index (χ0v) is 45.9. The van der Waals surface area contributed by atoms with Crippen molar-refractivity contribution >= 4 is 11.9 Å². The van der Waals surface area contributed by atoms with Crippen molar-refractivity contribution in [3.8, 4) is 0 Å². The van der Waals surface area contributed by atoms with Gasteiger partial charge in [-0.25, -0.2) is 0 Å². The van der Waals surface area contributed by atoms with Crippen LogP contribution in [0.15, 0.2) is 11.6 Å². The first-order chi connectivity index (χ1) is 35.4. The van der Waals surface area contributed by atoms with E-state index < -0.39 is 152 Å². The minimum absolute atomic E-state index is 0.0376. The predicted molar refractivity (Wildman–Crippen MR) is 266 cm³/mol. The normalized spacial score (nSPS) is 52.9. The topological polar surface area (TPSA) is 322 Å². The van der Waals surface area contributed by atoms with E-state index in [1.807, 2.05) is 0 Å². The van der Waals surface area contributed by atoms with Gasteiger partial charge in [0, 0.05) is 6.92 Å². The molecule has 0 aromatic heterocycles. The highest BCUT2D eigenvalue weighted by atomic mass is 16.7. The van der Waals surface area contributed by atoms with Crippen molar-refractivity contribution in [3.63, 3.8) is 0 Å². The maximum atomic E-state index is 14.6. The highest BCUT2D eigenvalue weighted by Crippen LogP contribution is 2.76. The summed E-state index contributed by atoms with van der Waals surface area (Å²) in [5, 5.41) is 111. The van der Waals surface area contributed by atoms with E-state index in [2.05, 4.69) is 59.9 Å². The van der Waals surface area contributed by atoms with E-state index in [-0.39, 0.29) is 46.0 Å². The number of aliphatic hydroxyl groups is 10. The molecule has 76 heavy (non-hydrogen) atoms. The van der Waals surface area contributed by atoms with Gasteiger partial charge in [-0.1, -0.05) is 60.1 Å². The molecule has 9 aliphatic rings. The Hall–Kier alpha value is -2.00. The summed E-state index contributed by atoms with van der Waals surface area (Å²) in [6.45, 7) is 19.8. The van der Waals surface area contributed by atoms with Gasteiger partial charge in [0.2, 0.25) is 12.2 Å². The van der Waals surface area contributed by atoms with Crippen LogP contribution in [0.5, 0.6) is 0 Å². The van der Waals surface area contributed by atoms with Gasteiger partial charge in [0.1, 0.15) is 79.3 Å². The third-order valence-electron chi connectivity index (χ3n) is 21.3. The SMILES string of the molecule is CC(=O)N[C@@H]1[C@@H](O[C@@H]2CC[C@]3(C)C(CC[C@@]4(C)C3CC=C3[C@H]5CC(C)(C)CC[C@@]5(C(=O)OC5OCC(O)C(O)C5O)CC[C@@]34C)C2(C)C)O[C@@H](COC2OC(C)C(O)C(OC3OC(C)C(O)C(O)C3O)C2O)[C@H](O)[C@H]1O. The molecule has 21 nitrogen and oxygen atoms in total. The molecule has 0 bridgehead atoms. The minimum Gasteiger partial charge on any atom is -0.432 e. The first-order valence-electron chi connectivity index (χ1n) is 27.9. The van der Waals surface area contributed by atoms with Crippen LogP contribution in [-0.2, 0) is 47.5 Å². The van der Waals surface area contributed by atoms with Crippen molar-refractivity contribution in [1.29, 1.82) is 0 Å². The Balaban J connectivity index is 0.909. The predicted octanol–water partition coefficient (Wildman–Crippen LogP) is 0.803. The molecule has 1 amide bonds. The fraction of sp³-hybridized carbons (Fsp3) is 0.927. The Morgan fingerprint density at radius 2 is 1.32 bits per heavy atom. The van der Waals surface area contributed by atoms with Crippen molar-refractivity contribution in [2.75, 3.05) is 13.2 Å². The number of esters is 1. The molecule has 16 unspecified atom stereocenters. The Kier molecular flexibility index (Phi) is 16.3. The summed E-state index contributed by atoms with van der Waals surface area (Å²) in [7, 11) is 0. The monoisotopic (exact) mass is 1080 g/mol. The van der Waals surface area contributed by atoms with E-state index in [1.165, 1.54) is 26.3 Å². The maximum absolute atomic E-state index is 14.6. The third kappa shape index (κ3) is 9.74. The van der Waals surface area contributed by atoms with E-state index in [4.69, 9.17) is 37.9 Å². The fourth-order valence-corrected chi connectivity index (χ4v) is 16.4. The van der Waals surface area contributed by atoms with E-state index in [9.17, 15) is 60.7 Å². The zero-order chi connectivity index (χ0) is 55.6. The molecule has 0 spiro atoms. The van der Waals surface area contributed by atoms with E-state index in [0.717, 1.165) is 44.9 Å². The molecule has 4 heterocycles. The maximum Gasteiger partial charge on any atom is 0.315 e. The average molecular weight is 1080 g/mol. The summed E-state index contributed by atoms with van der Waals surface area (Å²) in [5.74, 6) is -0.559. The molecule has 4 aliphatic heterocycles. The van der Waals surface area contributed by atoms with Crippen LogP contribution in [0, 0.1) is 50.2 Å². The van der Waals surface area contributed by atoms with E-state index >= 15 is 0 Å². The number of aliphatic hydroxyl groups excluding tert-OH is 10. The minimum atomic E-state index is -1.72. The number of allylic oxidation sites excluding steroid dienone is 2. The zero-order valence-electron chi connectivity index (χ0n) is 45.9. The molecule has 21 heteroatoms. The number of carbonyl (C=O) groups excluding carboxylic acids is 2. The summed E-state index contributed by atoms with van der Waals surface area (Å²) in [6.07, 6.45) is -16.1. The number of fused-ring (bicyclic) bond motifs is 7. The van der Waals surface area contributed by atoms with Crippen LogP contribution in [0.1, 0.15) is 133 Å². The molecule has 0 radical (unpaired) electrons. The van der Waals surface area contributed by atoms with Crippen LogP contribution in [0.3, 0.4) is 0 Å². The Morgan fingerprint density at radius 1 is 0.658 bits per heavy atom. The summed E-state index contributed by atoms with van der Waals surface area (Å²) >= 11 is 0. The second-order valence-corrected chi connectivity index (χ2v) is 26.6. The molecule has 4 saturated carbocycles. The van der Waals surface area contributed by atoms with Crippen LogP contribution in [-0.4, -0.2) is 199 Å². The largest absolute Gasteiger partial charge is 0.432 e. The van der Waals surface area contributed by atoms with Gasteiger partial charge in [-0.05, 0) is 123 Å². The lowest BCUT2D eigenvalue weighted by atomic mass is 9.33. The standard InChI is InChI=1S/C55H89NO20/c1-24-35(59)40(64)42(66)48(72-24)75-44-36(60)25(2)71-47(43(44)67)70-23-30-38(62)39(63)34(56-26(3)57)45(73-30)74-33-14-15-52(8)31(51(33,6)7)13-16-54(10)32(52)12-11-27-28-21-50(4,5)17-19-55(28,20-18-53(27,54)9)49(68)76-46-41(65)37(61)29(58)22-69-46/h11,24-25,28-48,58-67H,12-23H2,1-10H3,(H,56,57)/t24?,25?,28-,29?,30+,31?,32?,33-,34+,35?,36?,37?,38+,39+,40?,41?,42?,43?,44?,45-,46?,47?,48?,52-,53+,54+,55-/m1/s1. The van der Waals surface area contributed by atoms with Gasteiger partial charge >= 0.3 is 5.97 Å². The van der Waals surface area contributed by atoms with Crippen LogP contribution < -0.4 is 5.32 Å². The lowest BCUT2D eigenvalue weighted by molar-refractivity contribution is -0.360. The lowest BCUT2D eigenvalue weighted by Crippen LogP contribution is -2.67. The van der Waals surface area contributed by atoms with Gasteiger partial charge in [-0.3, -0.25) is 9.59 Å². The average Bonchev–Trinajstić information content (AvgIpc) is 3.53. The fourth-order valence-electron chi connectivity index (χ4n) is 16.4. The molecule has 0 aromatic rings. The molecule has 9 rings (SSSR count). The van der Waals surface area contributed by atoms with Crippen molar-refractivity contribution < 1.29 is 98.5 Å². The second-order valence-electron chi connectivity index (χ2n) is 26.6. The Morgan fingerprint density at radius 3 is 2.01 bits per heavy atom. The van der Waals surface area contributed by atoms with E-state index in [1.54, 1.807) is 0 Å². The van der Waals surface area contributed by atoms with Crippen molar-refractivity contribution in [2.45, 2.75) is 256 Å². The summed E-state index contributed by atoms with van der Waals surface area (Å²) in [4.78, 5) is 27.3. The number of nitrogens with one attached hydrogen (secondary N) is 1. The number of rotatable bonds is 10. The third-order valence-corrected chi connectivity index (χ3v) is 21.3. The highest BCUT2D eigenvalue weighted by molar-refractivity contribution is 5.79. The van der Waals surface area contributed by atoms with Crippen molar-refractivity contribution in [1.82, 2.24) is 5.32 Å². The second kappa shape index (κ2) is 21.1. The number of ether oxygens (including phenoxy) is 8. The number of amides is 1. The molecule has 5 aliphatic carbocycles. The summed E-state index contributed by atoms with van der Waals surface area (Å²) in [5.41, 5.74) is -0.558. The number of carbonyl (C=O) groups is 2. The smallest absolute Gasteiger partial charge is 0.315 e. The lowest BCUT2D eigenvalue weighted by Gasteiger charge is -2.71. The van der Waals surface area contributed by atoms with Gasteiger partial charge in [-0.2, -0.15) is 0 Å². The van der Waals surface area contributed by atoms with Gasteiger partial charge in [-0.15, -0.1) is 0 Å². The van der Waals surface area contributed by atoms with Crippen LogP contribution in [0.4, 0.5) is 0 Å². The van der Waals surface area contributed by atoms with Crippen LogP contribution in [0.25, 0.3) is 0 Å². The Labute approximate surface area is 445 Å². The molecule has 8 fully saturated rings. The molecule has 4 saturated heterocycles. The van der Waals surface area contributed by atoms with Gasteiger partial charge in [0.25, 0.3) is 0 Å². The molecular weight excluding hydrogens is 995 g/mol. The Bertz CT molecular complexity index is 2150. The molecule has 434 valence electrons. The highest BCUT2D eigenvalue weighted by Gasteiger charge is 2.70. The van der Waals surface area contributed by atoms with E-state index in [0.29, 0.717) is 19.3 Å². The first-order valence-corrected chi connectivity index (χ1v) is 27.9. The van der Waals surface area contributed by atoms with Gasteiger partial charge in [0.05, 0.1) is 36.9 Å².